The lowest BCUT2D eigenvalue weighted by Gasteiger charge is -2.23. The van der Waals surface area contributed by atoms with Gasteiger partial charge in [0.15, 0.2) is 5.82 Å². The summed E-state index contributed by atoms with van der Waals surface area (Å²) in [6.45, 7) is 0. The summed E-state index contributed by atoms with van der Waals surface area (Å²) in [7, 11) is 3.09. The van der Waals surface area contributed by atoms with E-state index >= 15 is 0 Å². The summed E-state index contributed by atoms with van der Waals surface area (Å²) in [5.74, 6) is 2.75. The molecule has 0 spiro atoms. The first-order valence-electron chi connectivity index (χ1n) is 10.1. The number of halogens is 1. The summed E-state index contributed by atoms with van der Waals surface area (Å²) in [4.78, 5) is 12.9. The maximum absolute atomic E-state index is 6.24. The average Bonchev–Trinajstić information content (AvgIpc) is 3.15. The third-order valence-corrected chi connectivity index (χ3v) is 5.47. The van der Waals surface area contributed by atoms with Crippen LogP contribution in [0.15, 0.2) is 24.5 Å². The second-order valence-corrected chi connectivity index (χ2v) is 7.67. The van der Waals surface area contributed by atoms with Crippen molar-refractivity contribution in [3.05, 3.63) is 29.5 Å². The zero-order chi connectivity index (χ0) is 21.8. The number of nitrogen functional groups attached to an aromatic ring is 1. The van der Waals surface area contributed by atoms with Gasteiger partial charge in [-0.15, -0.1) is 5.10 Å². The van der Waals surface area contributed by atoms with E-state index in [9.17, 15) is 0 Å². The zero-order valence-corrected chi connectivity index (χ0v) is 18.2. The SMILES string of the molecule is COc1cc(OC)c(Nc2nc(N)n(-c3cc(NC4CCCCC4)ncn3)n2)cc1Cl. The Balaban J connectivity index is 1.56. The summed E-state index contributed by atoms with van der Waals surface area (Å²) in [6.07, 6.45) is 7.54. The average molecular weight is 445 g/mol. The molecular weight excluding hydrogens is 420 g/mol. The van der Waals surface area contributed by atoms with Gasteiger partial charge in [0.1, 0.15) is 23.6 Å². The van der Waals surface area contributed by atoms with Crippen LogP contribution >= 0.6 is 11.6 Å². The number of anilines is 4. The van der Waals surface area contributed by atoms with Crippen LogP contribution in [0.1, 0.15) is 32.1 Å². The maximum atomic E-state index is 6.24. The van der Waals surface area contributed by atoms with E-state index < -0.39 is 0 Å². The molecule has 10 nitrogen and oxygen atoms in total. The van der Waals surface area contributed by atoms with Gasteiger partial charge in [0, 0.05) is 18.2 Å². The molecule has 11 heteroatoms. The highest BCUT2D eigenvalue weighted by Gasteiger charge is 2.17. The molecule has 164 valence electrons. The molecule has 0 bridgehead atoms. The lowest BCUT2D eigenvalue weighted by Crippen LogP contribution is -2.23. The molecule has 2 aromatic heterocycles. The number of nitrogens with two attached hydrogens (primary N) is 1. The van der Waals surface area contributed by atoms with Crippen molar-refractivity contribution in [2.45, 2.75) is 38.1 Å². The third-order valence-electron chi connectivity index (χ3n) is 5.18. The van der Waals surface area contributed by atoms with Crippen LogP contribution < -0.4 is 25.8 Å². The molecular formula is C20H25ClN8O2. The predicted octanol–water partition coefficient (Wildman–Crippen LogP) is 3.80. The van der Waals surface area contributed by atoms with Crippen molar-refractivity contribution in [3.8, 4) is 17.3 Å². The van der Waals surface area contributed by atoms with Crippen LogP contribution in [0.2, 0.25) is 5.02 Å². The molecule has 2 heterocycles. The molecule has 1 aliphatic rings. The molecule has 1 fully saturated rings. The van der Waals surface area contributed by atoms with Gasteiger partial charge in [0.05, 0.1) is 24.9 Å². The van der Waals surface area contributed by atoms with Gasteiger partial charge < -0.3 is 25.8 Å². The molecule has 1 aromatic carbocycles. The predicted molar refractivity (Wildman–Crippen MR) is 120 cm³/mol. The lowest BCUT2D eigenvalue weighted by atomic mass is 9.95. The normalized spacial score (nSPS) is 14.3. The van der Waals surface area contributed by atoms with Crippen molar-refractivity contribution in [1.29, 1.82) is 0 Å². The van der Waals surface area contributed by atoms with Crippen molar-refractivity contribution >= 4 is 35.0 Å². The number of benzene rings is 1. The fourth-order valence-electron chi connectivity index (χ4n) is 3.62. The van der Waals surface area contributed by atoms with Crippen molar-refractivity contribution in [3.63, 3.8) is 0 Å². The number of hydrogen-bond donors (Lipinski definition) is 3. The summed E-state index contributed by atoms with van der Waals surface area (Å²) in [6, 6.07) is 5.59. The molecule has 1 saturated carbocycles. The van der Waals surface area contributed by atoms with Gasteiger partial charge >= 0.3 is 0 Å². The van der Waals surface area contributed by atoms with E-state index in [1.54, 1.807) is 19.2 Å². The Labute approximate surface area is 185 Å². The van der Waals surface area contributed by atoms with E-state index in [-0.39, 0.29) is 11.9 Å². The number of rotatable bonds is 7. The van der Waals surface area contributed by atoms with Gasteiger partial charge in [0.2, 0.25) is 11.9 Å². The minimum atomic E-state index is 0.184. The van der Waals surface area contributed by atoms with Crippen LogP contribution in [0.3, 0.4) is 0 Å². The Kier molecular flexibility index (Phi) is 6.26. The van der Waals surface area contributed by atoms with Gasteiger partial charge in [0.25, 0.3) is 0 Å². The van der Waals surface area contributed by atoms with Crippen LogP contribution in [0, 0.1) is 0 Å². The second kappa shape index (κ2) is 9.25. The molecule has 0 amide bonds. The van der Waals surface area contributed by atoms with E-state index in [2.05, 4.69) is 30.7 Å². The molecule has 0 radical (unpaired) electrons. The fraction of sp³-hybridized carbons (Fsp3) is 0.400. The van der Waals surface area contributed by atoms with E-state index in [4.69, 9.17) is 26.8 Å². The van der Waals surface area contributed by atoms with Crippen LogP contribution in [-0.4, -0.2) is 45.0 Å². The number of ether oxygens (including phenoxy) is 2. The molecule has 0 aliphatic heterocycles. The van der Waals surface area contributed by atoms with E-state index in [0.29, 0.717) is 34.1 Å². The number of methoxy groups -OCH3 is 2. The van der Waals surface area contributed by atoms with Gasteiger partial charge in [-0.2, -0.15) is 9.67 Å². The van der Waals surface area contributed by atoms with Crippen molar-refractivity contribution in [2.75, 3.05) is 30.6 Å². The minimum Gasteiger partial charge on any atom is -0.495 e. The van der Waals surface area contributed by atoms with E-state index in [0.717, 1.165) is 18.7 Å². The van der Waals surface area contributed by atoms with E-state index in [1.165, 1.54) is 37.4 Å². The van der Waals surface area contributed by atoms with Crippen molar-refractivity contribution in [2.24, 2.45) is 0 Å². The Morgan fingerprint density at radius 2 is 1.84 bits per heavy atom. The molecule has 0 saturated heterocycles. The summed E-state index contributed by atoms with van der Waals surface area (Å²) in [5.41, 5.74) is 6.68. The molecule has 1 aliphatic carbocycles. The smallest absolute Gasteiger partial charge is 0.249 e. The fourth-order valence-corrected chi connectivity index (χ4v) is 3.86. The summed E-state index contributed by atoms with van der Waals surface area (Å²) in [5, 5.41) is 11.4. The van der Waals surface area contributed by atoms with Gasteiger partial charge in [-0.1, -0.05) is 30.9 Å². The first kappa shape index (κ1) is 21.0. The minimum absolute atomic E-state index is 0.184. The topological polar surface area (TPSA) is 125 Å². The van der Waals surface area contributed by atoms with Gasteiger partial charge in [-0.05, 0) is 18.9 Å². The maximum Gasteiger partial charge on any atom is 0.249 e. The highest BCUT2D eigenvalue weighted by atomic mass is 35.5. The Hall–Kier alpha value is -3.27. The molecule has 0 unspecified atom stereocenters. The largest absolute Gasteiger partial charge is 0.495 e. The van der Waals surface area contributed by atoms with Crippen LogP contribution in [-0.2, 0) is 0 Å². The zero-order valence-electron chi connectivity index (χ0n) is 17.4. The Bertz CT molecular complexity index is 1050. The van der Waals surface area contributed by atoms with Crippen LogP contribution in [0.5, 0.6) is 11.5 Å². The Morgan fingerprint density at radius 3 is 2.58 bits per heavy atom. The second-order valence-electron chi connectivity index (χ2n) is 7.26. The van der Waals surface area contributed by atoms with Gasteiger partial charge in [-0.3, -0.25) is 0 Å². The van der Waals surface area contributed by atoms with Crippen molar-refractivity contribution < 1.29 is 9.47 Å². The van der Waals surface area contributed by atoms with E-state index in [1.807, 2.05) is 6.07 Å². The Morgan fingerprint density at radius 1 is 1.06 bits per heavy atom. The molecule has 4 rings (SSSR count). The molecule has 0 atom stereocenters. The summed E-state index contributed by atoms with van der Waals surface area (Å²) >= 11 is 6.24. The number of hydrogen-bond acceptors (Lipinski definition) is 9. The van der Waals surface area contributed by atoms with Crippen LogP contribution in [0.4, 0.5) is 23.4 Å². The lowest BCUT2D eigenvalue weighted by molar-refractivity contribution is 0.396. The highest BCUT2D eigenvalue weighted by Crippen LogP contribution is 2.37. The molecule has 31 heavy (non-hydrogen) atoms. The third kappa shape index (κ3) is 4.74. The van der Waals surface area contributed by atoms with Gasteiger partial charge in [-0.25, -0.2) is 9.97 Å². The van der Waals surface area contributed by atoms with Crippen LogP contribution in [0.25, 0.3) is 5.82 Å². The molecule has 4 N–H and O–H groups in total. The standard InChI is InChI=1S/C20H25ClN8O2/c1-30-15-9-16(31-2)14(8-13(15)21)26-20-27-19(22)29(28-20)18-10-17(23-11-24-18)25-12-6-4-3-5-7-12/h8-12H,3-7H2,1-2H3,(H,23,24,25)(H3,22,26,27,28). The van der Waals surface area contributed by atoms with Crippen molar-refractivity contribution in [1.82, 2.24) is 24.7 Å². The summed E-state index contributed by atoms with van der Waals surface area (Å²) < 4.78 is 12.1. The number of aromatic nitrogens is 5. The number of nitrogens with one attached hydrogen (secondary N) is 2. The number of nitrogens with zero attached hydrogens (tertiary/aromatic N) is 5. The first-order valence-corrected chi connectivity index (χ1v) is 10.4. The first-order chi connectivity index (χ1) is 15.1. The quantitative estimate of drug-likeness (QED) is 0.498. The monoisotopic (exact) mass is 444 g/mol. The molecule has 3 aromatic rings. The highest BCUT2D eigenvalue weighted by molar-refractivity contribution is 6.32.